The second-order valence-electron chi connectivity index (χ2n) is 7.77. The zero-order valence-electron chi connectivity index (χ0n) is 18.3. The first-order valence-electron chi connectivity index (χ1n) is 10.5. The van der Waals surface area contributed by atoms with E-state index < -0.39 is 0 Å². The van der Waals surface area contributed by atoms with Gasteiger partial charge in [-0.1, -0.05) is 32.7 Å². The number of rotatable bonds is 7. The van der Waals surface area contributed by atoms with Crippen molar-refractivity contribution in [3.63, 3.8) is 0 Å². The van der Waals surface area contributed by atoms with Gasteiger partial charge in [-0.25, -0.2) is 0 Å². The zero-order valence-corrected chi connectivity index (χ0v) is 20.6. The predicted molar refractivity (Wildman–Crippen MR) is 129 cm³/mol. The number of likely N-dealkylation sites (tertiary alicyclic amines) is 1. The van der Waals surface area contributed by atoms with E-state index in [1.807, 2.05) is 24.3 Å². The maximum absolute atomic E-state index is 13.0. The van der Waals surface area contributed by atoms with Crippen molar-refractivity contribution in [1.29, 1.82) is 0 Å². The summed E-state index contributed by atoms with van der Waals surface area (Å²) in [6.07, 6.45) is 1.69. The Bertz CT molecular complexity index is 1120. The molecule has 1 aromatic heterocycles. The molecule has 1 unspecified atom stereocenters. The molecule has 8 nitrogen and oxygen atoms in total. The van der Waals surface area contributed by atoms with Crippen LogP contribution in [0.5, 0.6) is 11.5 Å². The molecule has 1 aliphatic heterocycles. The fourth-order valence-corrected chi connectivity index (χ4v) is 4.33. The van der Waals surface area contributed by atoms with Crippen LogP contribution in [0.15, 0.2) is 45.4 Å². The Morgan fingerprint density at radius 1 is 1.24 bits per heavy atom. The summed E-state index contributed by atoms with van der Waals surface area (Å²) in [6.45, 7) is 1.94. The number of halogens is 2. The van der Waals surface area contributed by atoms with Crippen LogP contribution in [-0.4, -0.2) is 48.3 Å². The van der Waals surface area contributed by atoms with Gasteiger partial charge in [-0.15, -0.1) is 0 Å². The molecule has 0 spiro atoms. The quantitative estimate of drug-likeness (QED) is 0.454. The number of methoxy groups -OCH3 is 2. The summed E-state index contributed by atoms with van der Waals surface area (Å²) in [6, 6.07) is 11.0. The third-order valence-corrected chi connectivity index (χ3v) is 6.36. The lowest BCUT2D eigenvalue weighted by molar-refractivity contribution is -0.121. The van der Waals surface area contributed by atoms with E-state index in [1.54, 1.807) is 12.1 Å². The van der Waals surface area contributed by atoms with Gasteiger partial charge in [0, 0.05) is 28.7 Å². The number of nitrogens with zero attached hydrogens (tertiary/aromatic N) is 3. The van der Waals surface area contributed by atoms with Crippen LogP contribution in [0, 0.1) is 5.92 Å². The Labute approximate surface area is 205 Å². The Morgan fingerprint density at radius 2 is 2.00 bits per heavy atom. The molecule has 10 heteroatoms. The summed E-state index contributed by atoms with van der Waals surface area (Å²) >= 11 is 9.59. The van der Waals surface area contributed by atoms with Crippen LogP contribution in [0.2, 0.25) is 5.02 Å². The Morgan fingerprint density at radius 3 is 2.73 bits per heavy atom. The second-order valence-corrected chi connectivity index (χ2v) is 9.09. The van der Waals surface area contributed by atoms with Crippen molar-refractivity contribution in [1.82, 2.24) is 15.0 Å². The summed E-state index contributed by atoms with van der Waals surface area (Å²) in [5.74, 6) is 1.76. The van der Waals surface area contributed by atoms with Gasteiger partial charge in [-0.3, -0.25) is 9.69 Å². The number of piperidine rings is 1. The lowest BCUT2D eigenvalue weighted by Gasteiger charge is -2.31. The number of hydrogen-bond donors (Lipinski definition) is 1. The van der Waals surface area contributed by atoms with Gasteiger partial charge in [0.25, 0.3) is 0 Å². The fourth-order valence-electron chi connectivity index (χ4n) is 3.83. The van der Waals surface area contributed by atoms with Gasteiger partial charge in [0.15, 0.2) is 0 Å². The highest BCUT2D eigenvalue weighted by atomic mass is 79.9. The van der Waals surface area contributed by atoms with Crippen LogP contribution < -0.4 is 14.8 Å². The largest absolute Gasteiger partial charge is 0.495 e. The lowest BCUT2D eigenvalue weighted by atomic mass is 9.97. The molecule has 1 fully saturated rings. The number of amides is 1. The molecule has 1 amide bonds. The van der Waals surface area contributed by atoms with Crippen molar-refractivity contribution in [3.05, 3.63) is 51.8 Å². The summed E-state index contributed by atoms with van der Waals surface area (Å²) in [4.78, 5) is 19.7. The molecular formula is C23H24BrClN4O4. The Balaban J connectivity index is 1.40. The van der Waals surface area contributed by atoms with E-state index in [0.717, 1.165) is 29.4 Å². The molecule has 0 radical (unpaired) electrons. The lowest BCUT2D eigenvalue weighted by Crippen LogP contribution is -2.40. The number of aromatic nitrogens is 2. The number of anilines is 1. The molecule has 1 atom stereocenters. The molecule has 3 aromatic rings. The van der Waals surface area contributed by atoms with Crippen molar-refractivity contribution in [2.24, 2.45) is 5.92 Å². The fraction of sp³-hybridized carbons (Fsp3) is 0.348. The Kier molecular flexibility index (Phi) is 7.52. The van der Waals surface area contributed by atoms with E-state index in [9.17, 15) is 4.79 Å². The first kappa shape index (κ1) is 23.5. The van der Waals surface area contributed by atoms with Crippen LogP contribution >= 0.6 is 27.5 Å². The van der Waals surface area contributed by atoms with E-state index in [0.29, 0.717) is 47.0 Å². The van der Waals surface area contributed by atoms with Gasteiger partial charge >= 0.3 is 0 Å². The van der Waals surface area contributed by atoms with Crippen molar-refractivity contribution in [2.75, 3.05) is 32.6 Å². The molecule has 33 heavy (non-hydrogen) atoms. The zero-order chi connectivity index (χ0) is 23.4. The summed E-state index contributed by atoms with van der Waals surface area (Å²) < 4.78 is 17.1. The van der Waals surface area contributed by atoms with Gasteiger partial charge in [0.05, 0.1) is 37.4 Å². The SMILES string of the molecule is COc1cc(NC(=O)C2CCCN(Cc3nc(-c4ccc(Br)cc4)no3)C2)c(OC)cc1Cl. The average molecular weight is 536 g/mol. The van der Waals surface area contributed by atoms with Gasteiger partial charge in [0.2, 0.25) is 17.6 Å². The number of ether oxygens (including phenoxy) is 2. The van der Waals surface area contributed by atoms with Gasteiger partial charge in [-0.2, -0.15) is 4.98 Å². The summed E-state index contributed by atoms with van der Waals surface area (Å²) in [5.41, 5.74) is 1.41. The second kappa shape index (κ2) is 10.5. The highest BCUT2D eigenvalue weighted by Gasteiger charge is 2.28. The molecular weight excluding hydrogens is 512 g/mol. The number of benzene rings is 2. The molecule has 4 rings (SSSR count). The van der Waals surface area contributed by atoms with E-state index >= 15 is 0 Å². The third kappa shape index (κ3) is 5.66. The van der Waals surface area contributed by atoms with Crippen LogP contribution in [-0.2, 0) is 11.3 Å². The Hall–Kier alpha value is -2.62. The standard InChI is InChI=1S/C23H24BrClN4O4/c1-31-19-11-18(20(32-2)10-17(19)25)26-23(30)15-4-3-9-29(12-15)13-21-27-22(28-33-21)14-5-7-16(24)8-6-14/h5-8,10-11,15H,3-4,9,12-13H2,1-2H3,(H,26,30). The van der Waals surface area contributed by atoms with Crippen molar-refractivity contribution in [3.8, 4) is 22.9 Å². The minimum absolute atomic E-state index is 0.0801. The van der Waals surface area contributed by atoms with Crippen LogP contribution in [0.4, 0.5) is 5.69 Å². The minimum Gasteiger partial charge on any atom is -0.495 e. The highest BCUT2D eigenvalue weighted by molar-refractivity contribution is 9.10. The van der Waals surface area contributed by atoms with E-state index in [2.05, 4.69) is 36.3 Å². The number of nitrogens with one attached hydrogen (secondary N) is 1. The van der Waals surface area contributed by atoms with Crippen LogP contribution in [0.3, 0.4) is 0 Å². The van der Waals surface area contributed by atoms with Gasteiger partial charge < -0.3 is 19.3 Å². The van der Waals surface area contributed by atoms with E-state index in [4.69, 9.17) is 25.6 Å². The smallest absolute Gasteiger partial charge is 0.241 e. The maximum Gasteiger partial charge on any atom is 0.241 e. The van der Waals surface area contributed by atoms with Gasteiger partial charge in [0.1, 0.15) is 11.5 Å². The predicted octanol–water partition coefficient (Wildman–Crippen LogP) is 5.02. The topological polar surface area (TPSA) is 89.7 Å². The molecule has 1 aliphatic rings. The number of carbonyl (C=O) groups is 1. The van der Waals surface area contributed by atoms with E-state index in [-0.39, 0.29) is 11.8 Å². The van der Waals surface area contributed by atoms with Gasteiger partial charge in [-0.05, 0) is 43.7 Å². The minimum atomic E-state index is -0.181. The number of hydrogen-bond acceptors (Lipinski definition) is 7. The molecule has 0 aliphatic carbocycles. The first-order chi connectivity index (χ1) is 16.0. The van der Waals surface area contributed by atoms with Crippen molar-refractivity contribution >= 4 is 39.1 Å². The van der Waals surface area contributed by atoms with Crippen LogP contribution in [0.1, 0.15) is 18.7 Å². The molecule has 1 saturated heterocycles. The highest BCUT2D eigenvalue weighted by Crippen LogP contribution is 2.36. The molecule has 2 heterocycles. The average Bonchev–Trinajstić information content (AvgIpc) is 3.28. The number of carbonyl (C=O) groups excluding carboxylic acids is 1. The molecule has 2 aromatic carbocycles. The molecule has 0 saturated carbocycles. The summed E-state index contributed by atoms with van der Waals surface area (Å²) in [5, 5.41) is 7.47. The molecule has 1 N–H and O–H groups in total. The maximum atomic E-state index is 13.0. The van der Waals surface area contributed by atoms with Crippen LogP contribution in [0.25, 0.3) is 11.4 Å². The molecule has 174 valence electrons. The normalized spacial score (nSPS) is 16.4. The monoisotopic (exact) mass is 534 g/mol. The molecule has 0 bridgehead atoms. The van der Waals surface area contributed by atoms with Crippen molar-refractivity contribution in [2.45, 2.75) is 19.4 Å². The third-order valence-electron chi connectivity index (χ3n) is 5.54. The van der Waals surface area contributed by atoms with E-state index in [1.165, 1.54) is 14.2 Å². The van der Waals surface area contributed by atoms with Crippen molar-refractivity contribution < 1.29 is 18.8 Å². The first-order valence-corrected chi connectivity index (χ1v) is 11.7. The summed E-state index contributed by atoms with van der Waals surface area (Å²) in [7, 11) is 3.06.